The van der Waals surface area contributed by atoms with Crippen molar-refractivity contribution in [3.05, 3.63) is 0 Å². The highest BCUT2D eigenvalue weighted by Gasteiger charge is 2.24. The van der Waals surface area contributed by atoms with Crippen LogP contribution in [0.2, 0.25) is 0 Å². The van der Waals surface area contributed by atoms with Crippen LogP contribution in [-0.2, 0) is 4.74 Å². The van der Waals surface area contributed by atoms with Crippen LogP contribution in [0.25, 0.3) is 0 Å². The minimum Gasteiger partial charge on any atom is -0.396 e. The molecule has 2 fully saturated rings. The van der Waals surface area contributed by atoms with Gasteiger partial charge in [0.25, 0.3) is 0 Å². The molecule has 0 spiro atoms. The molecule has 2 aliphatic heterocycles. The first-order valence-electron chi connectivity index (χ1n) is 8.88. The fourth-order valence-electron chi connectivity index (χ4n) is 3.78. The van der Waals surface area contributed by atoms with E-state index < -0.39 is 0 Å². The predicted octanol–water partition coefficient (Wildman–Crippen LogP) is 1.97. The molecule has 2 atom stereocenters. The molecule has 1 N–H and O–H groups in total. The molecule has 2 aliphatic rings. The third kappa shape index (κ3) is 6.23. The topological polar surface area (TPSA) is 35.9 Å². The Hall–Kier alpha value is -0.160. The summed E-state index contributed by atoms with van der Waals surface area (Å²) in [5, 5.41) is 8.84. The van der Waals surface area contributed by atoms with Crippen molar-refractivity contribution in [2.45, 2.75) is 58.2 Å². The molecule has 2 unspecified atom stereocenters. The van der Waals surface area contributed by atoms with Crippen LogP contribution in [0.15, 0.2) is 0 Å². The van der Waals surface area contributed by atoms with E-state index in [9.17, 15) is 0 Å². The van der Waals surface area contributed by atoms with Crippen LogP contribution in [0.4, 0.5) is 0 Å². The zero-order valence-corrected chi connectivity index (χ0v) is 14.0. The van der Waals surface area contributed by atoms with Crippen molar-refractivity contribution in [2.24, 2.45) is 5.92 Å². The van der Waals surface area contributed by atoms with Crippen molar-refractivity contribution < 1.29 is 9.84 Å². The molecule has 0 aromatic heterocycles. The fourth-order valence-corrected chi connectivity index (χ4v) is 3.78. The molecule has 0 radical (unpaired) electrons. The molecule has 0 aliphatic carbocycles. The van der Waals surface area contributed by atoms with Crippen molar-refractivity contribution >= 4 is 0 Å². The SMILES string of the molecule is CC1CN(CCC2CCN(CCCCO)CC2)CC(C)O1. The van der Waals surface area contributed by atoms with E-state index >= 15 is 0 Å². The molecule has 124 valence electrons. The number of aliphatic hydroxyl groups excluding tert-OH is 1. The lowest BCUT2D eigenvalue weighted by atomic mass is 9.93. The molecule has 4 heteroatoms. The molecule has 2 rings (SSSR count). The van der Waals surface area contributed by atoms with Gasteiger partial charge in [0.1, 0.15) is 0 Å². The van der Waals surface area contributed by atoms with Gasteiger partial charge in [-0.05, 0) is 78.0 Å². The molecule has 0 saturated carbocycles. The first-order valence-corrected chi connectivity index (χ1v) is 8.88. The number of unbranched alkanes of at least 4 members (excludes halogenated alkanes) is 1. The number of aliphatic hydroxyl groups is 1. The van der Waals surface area contributed by atoms with Crippen molar-refractivity contribution in [3.8, 4) is 0 Å². The van der Waals surface area contributed by atoms with Crippen LogP contribution in [0, 0.1) is 5.92 Å². The minimum absolute atomic E-state index is 0.340. The zero-order valence-electron chi connectivity index (χ0n) is 14.0. The largest absolute Gasteiger partial charge is 0.396 e. The minimum atomic E-state index is 0.340. The fraction of sp³-hybridized carbons (Fsp3) is 1.00. The van der Waals surface area contributed by atoms with Gasteiger partial charge in [-0.2, -0.15) is 0 Å². The number of piperidine rings is 1. The quantitative estimate of drug-likeness (QED) is 0.729. The zero-order chi connectivity index (χ0) is 15.1. The molecule has 0 bridgehead atoms. The second-order valence-corrected chi connectivity index (χ2v) is 7.02. The van der Waals surface area contributed by atoms with Gasteiger partial charge in [0.05, 0.1) is 12.2 Å². The van der Waals surface area contributed by atoms with Crippen LogP contribution in [0.3, 0.4) is 0 Å². The van der Waals surface area contributed by atoms with E-state index in [1.807, 2.05) is 0 Å². The van der Waals surface area contributed by atoms with Crippen molar-refractivity contribution in [2.75, 3.05) is 45.9 Å². The molecule has 4 nitrogen and oxygen atoms in total. The molecular weight excluding hydrogens is 264 g/mol. The van der Waals surface area contributed by atoms with E-state index in [0.29, 0.717) is 18.8 Å². The molecule has 2 saturated heterocycles. The van der Waals surface area contributed by atoms with Gasteiger partial charge >= 0.3 is 0 Å². The second kappa shape index (κ2) is 9.09. The Morgan fingerprint density at radius 3 is 2.24 bits per heavy atom. The van der Waals surface area contributed by atoms with E-state index in [0.717, 1.165) is 31.8 Å². The monoisotopic (exact) mass is 298 g/mol. The highest BCUT2D eigenvalue weighted by molar-refractivity contribution is 4.77. The molecular formula is C17H34N2O2. The number of morpholine rings is 1. The normalized spacial score (nSPS) is 29.9. The summed E-state index contributed by atoms with van der Waals surface area (Å²) in [6.45, 7) is 11.8. The Balaban J connectivity index is 1.58. The van der Waals surface area contributed by atoms with Gasteiger partial charge in [-0.25, -0.2) is 0 Å². The highest BCUT2D eigenvalue weighted by Crippen LogP contribution is 2.22. The predicted molar refractivity (Wildman–Crippen MR) is 86.5 cm³/mol. The summed E-state index contributed by atoms with van der Waals surface area (Å²) in [6.07, 6.45) is 6.94. The van der Waals surface area contributed by atoms with E-state index in [-0.39, 0.29) is 0 Å². The molecule has 0 aromatic rings. The van der Waals surface area contributed by atoms with Gasteiger partial charge < -0.3 is 14.7 Å². The van der Waals surface area contributed by atoms with E-state index in [1.165, 1.54) is 45.4 Å². The van der Waals surface area contributed by atoms with E-state index in [1.54, 1.807) is 0 Å². The summed E-state index contributed by atoms with van der Waals surface area (Å²) in [5.74, 6) is 0.910. The van der Waals surface area contributed by atoms with Crippen LogP contribution in [0.5, 0.6) is 0 Å². The van der Waals surface area contributed by atoms with Crippen molar-refractivity contribution in [3.63, 3.8) is 0 Å². The maximum atomic E-state index is 8.84. The maximum absolute atomic E-state index is 8.84. The number of likely N-dealkylation sites (tertiary alicyclic amines) is 1. The van der Waals surface area contributed by atoms with Gasteiger partial charge in [-0.3, -0.25) is 4.90 Å². The van der Waals surface area contributed by atoms with Crippen LogP contribution in [-0.4, -0.2) is 73.0 Å². The Labute approximate surface area is 130 Å². The smallest absolute Gasteiger partial charge is 0.0678 e. The van der Waals surface area contributed by atoms with E-state index in [4.69, 9.17) is 9.84 Å². The molecule has 21 heavy (non-hydrogen) atoms. The third-order valence-corrected chi connectivity index (χ3v) is 4.94. The van der Waals surface area contributed by atoms with Gasteiger partial charge in [-0.15, -0.1) is 0 Å². The lowest BCUT2D eigenvalue weighted by Gasteiger charge is -2.37. The molecule has 2 heterocycles. The maximum Gasteiger partial charge on any atom is 0.0678 e. The third-order valence-electron chi connectivity index (χ3n) is 4.94. The summed E-state index contributed by atoms with van der Waals surface area (Å²) in [6, 6.07) is 0. The van der Waals surface area contributed by atoms with Crippen LogP contribution >= 0.6 is 0 Å². The van der Waals surface area contributed by atoms with E-state index in [2.05, 4.69) is 23.6 Å². The van der Waals surface area contributed by atoms with Crippen LogP contribution in [0.1, 0.15) is 46.0 Å². The molecule has 0 amide bonds. The van der Waals surface area contributed by atoms with Gasteiger partial charge in [-0.1, -0.05) is 0 Å². The Morgan fingerprint density at radius 2 is 1.62 bits per heavy atom. The standard InChI is InChI=1S/C17H34N2O2/c1-15-13-19(14-16(2)21-15)11-7-17-5-9-18(10-6-17)8-3-4-12-20/h15-17,20H,3-14H2,1-2H3. The average molecular weight is 298 g/mol. The van der Waals surface area contributed by atoms with Crippen molar-refractivity contribution in [1.29, 1.82) is 0 Å². The van der Waals surface area contributed by atoms with Gasteiger partial charge in [0, 0.05) is 19.7 Å². The average Bonchev–Trinajstić information content (AvgIpc) is 2.46. The summed E-state index contributed by atoms with van der Waals surface area (Å²) in [4.78, 5) is 5.16. The Kier molecular flexibility index (Phi) is 7.44. The molecule has 0 aromatic carbocycles. The van der Waals surface area contributed by atoms with Crippen molar-refractivity contribution in [1.82, 2.24) is 9.80 Å². The number of ether oxygens (including phenoxy) is 1. The van der Waals surface area contributed by atoms with Gasteiger partial charge in [0.15, 0.2) is 0 Å². The lowest BCUT2D eigenvalue weighted by Crippen LogP contribution is -2.46. The summed E-state index contributed by atoms with van der Waals surface area (Å²) in [5.41, 5.74) is 0. The highest BCUT2D eigenvalue weighted by atomic mass is 16.5. The summed E-state index contributed by atoms with van der Waals surface area (Å²) >= 11 is 0. The first-order chi connectivity index (χ1) is 10.2. The Morgan fingerprint density at radius 1 is 0.952 bits per heavy atom. The van der Waals surface area contributed by atoms with Gasteiger partial charge in [0.2, 0.25) is 0 Å². The number of hydrogen-bond acceptors (Lipinski definition) is 4. The number of rotatable bonds is 7. The second-order valence-electron chi connectivity index (χ2n) is 7.02. The van der Waals surface area contributed by atoms with Crippen LogP contribution < -0.4 is 0 Å². The number of nitrogens with zero attached hydrogens (tertiary/aromatic N) is 2. The summed E-state index contributed by atoms with van der Waals surface area (Å²) in [7, 11) is 0. The lowest BCUT2D eigenvalue weighted by molar-refractivity contribution is -0.0693. The number of hydrogen-bond donors (Lipinski definition) is 1. The summed E-state index contributed by atoms with van der Waals surface area (Å²) < 4.78 is 5.80. The Bertz CT molecular complexity index is 270. The first kappa shape index (κ1) is 17.2.